The van der Waals surface area contributed by atoms with Crippen LogP contribution >= 0.6 is 0 Å². The van der Waals surface area contributed by atoms with E-state index in [9.17, 15) is 4.79 Å². The molecule has 0 saturated carbocycles. The van der Waals surface area contributed by atoms with Crippen molar-refractivity contribution in [2.24, 2.45) is 5.92 Å². The maximum absolute atomic E-state index is 13.1. The van der Waals surface area contributed by atoms with Crippen LogP contribution in [0.15, 0.2) is 36.5 Å². The molecule has 1 saturated heterocycles. The first-order valence-electron chi connectivity index (χ1n) is 8.78. The van der Waals surface area contributed by atoms with Gasteiger partial charge in [0.05, 0.1) is 0 Å². The molecule has 1 aromatic carbocycles. The van der Waals surface area contributed by atoms with Gasteiger partial charge < -0.3 is 10.00 Å². The molecule has 1 amide bonds. The Morgan fingerprint density at radius 2 is 1.91 bits per heavy atom. The highest BCUT2D eigenvalue weighted by molar-refractivity contribution is 5.83. The summed E-state index contributed by atoms with van der Waals surface area (Å²) >= 11 is 0. The summed E-state index contributed by atoms with van der Waals surface area (Å²) in [4.78, 5) is 15.2. The topological polar surface area (TPSA) is 41.0 Å². The minimum atomic E-state index is -0.259. The third kappa shape index (κ3) is 3.52. The molecule has 3 rings (SSSR count). The zero-order valence-corrected chi connectivity index (χ0v) is 14.2. The number of rotatable bonds is 5. The predicted octanol–water partition coefficient (Wildman–Crippen LogP) is 3.62. The van der Waals surface area contributed by atoms with Crippen LogP contribution in [0.25, 0.3) is 0 Å². The van der Waals surface area contributed by atoms with Crippen molar-refractivity contribution in [1.82, 2.24) is 14.7 Å². The molecule has 0 bridgehead atoms. The molecule has 1 aliphatic heterocycles. The van der Waals surface area contributed by atoms with Gasteiger partial charge in [0, 0.05) is 25.0 Å². The fraction of sp³-hybridized carbons (Fsp3) is 0.526. The van der Waals surface area contributed by atoms with E-state index in [0.29, 0.717) is 0 Å². The molecule has 1 aliphatic rings. The Hall–Kier alpha value is -1.97. The molecule has 124 valence electrons. The number of carbonyl (C=O) groups is 1. The lowest BCUT2D eigenvalue weighted by molar-refractivity contribution is -0.135. The van der Waals surface area contributed by atoms with Crippen LogP contribution in [-0.2, 0) is 11.2 Å². The molecular weight excluding hydrogens is 286 g/mol. The summed E-state index contributed by atoms with van der Waals surface area (Å²) < 4.78 is 1.97. The number of piperidine rings is 1. The van der Waals surface area contributed by atoms with Gasteiger partial charge >= 0.3 is 0 Å². The molecule has 0 aliphatic carbocycles. The van der Waals surface area contributed by atoms with E-state index < -0.39 is 0 Å². The number of aromatic amines is 1. The molecule has 4 nitrogen and oxygen atoms in total. The summed E-state index contributed by atoms with van der Waals surface area (Å²) in [6.45, 7) is 6.19. The van der Waals surface area contributed by atoms with Crippen LogP contribution in [0.1, 0.15) is 50.4 Å². The highest BCUT2D eigenvalue weighted by Gasteiger charge is 2.30. The average Bonchev–Trinajstić information content (AvgIpc) is 2.54. The molecule has 0 radical (unpaired) electrons. The predicted molar refractivity (Wildman–Crippen MR) is 92.3 cm³/mol. The Balaban J connectivity index is 1.82. The molecule has 1 aromatic heterocycles. The van der Waals surface area contributed by atoms with Crippen molar-refractivity contribution in [3.63, 3.8) is 0 Å². The Kier molecular flexibility index (Phi) is 4.89. The van der Waals surface area contributed by atoms with E-state index in [4.69, 9.17) is 0 Å². The van der Waals surface area contributed by atoms with Gasteiger partial charge in [0.25, 0.3) is 5.91 Å². The van der Waals surface area contributed by atoms with Gasteiger partial charge in [0.2, 0.25) is 0 Å². The second-order valence-corrected chi connectivity index (χ2v) is 6.74. The Labute approximate surface area is 138 Å². The van der Waals surface area contributed by atoms with Crippen molar-refractivity contribution < 1.29 is 4.79 Å². The molecule has 1 N–H and O–H groups in total. The number of hydrogen-bond acceptors (Lipinski definition) is 1. The van der Waals surface area contributed by atoms with Crippen molar-refractivity contribution in [1.29, 1.82) is 0 Å². The molecule has 1 atom stereocenters. The summed E-state index contributed by atoms with van der Waals surface area (Å²) in [7, 11) is 0. The normalized spacial score (nSPS) is 17.4. The van der Waals surface area contributed by atoms with Gasteiger partial charge in [-0.15, -0.1) is 0 Å². The first-order valence-corrected chi connectivity index (χ1v) is 8.78. The van der Waals surface area contributed by atoms with E-state index in [-0.39, 0.29) is 11.9 Å². The van der Waals surface area contributed by atoms with Crippen LogP contribution in [0.3, 0.4) is 0 Å². The zero-order valence-electron chi connectivity index (χ0n) is 14.2. The Morgan fingerprint density at radius 1 is 1.26 bits per heavy atom. The van der Waals surface area contributed by atoms with Gasteiger partial charge in [-0.3, -0.25) is 9.48 Å². The van der Waals surface area contributed by atoms with E-state index in [2.05, 4.69) is 25.1 Å². The first-order chi connectivity index (χ1) is 11.2. The lowest BCUT2D eigenvalue weighted by Crippen LogP contribution is -2.43. The average molecular weight is 313 g/mol. The molecule has 1 unspecified atom stereocenters. The van der Waals surface area contributed by atoms with Gasteiger partial charge in [-0.1, -0.05) is 50.6 Å². The van der Waals surface area contributed by atoms with Crippen LogP contribution in [0.2, 0.25) is 0 Å². The fourth-order valence-corrected chi connectivity index (χ4v) is 3.32. The highest BCUT2D eigenvalue weighted by atomic mass is 16.2. The monoisotopic (exact) mass is 313 g/mol. The van der Waals surface area contributed by atoms with Crippen molar-refractivity contribution in [3.05, 3.63) is 47.8 Å². The third-order valence-corrected chi connectivity index (χ3v) is 4.81. The smallest absolute Gasteiger partial charge is 0.251 e. The summed E-state index contributed by atoms with van der Waals surface area (Å²) in [5.41, 5.74) is 2.27. The SMILES string of the molecule is CCCc1cn(C(C(=O)N2CCC(C)CC2)c2ccccc2)[nH]1. The van der Waals surface area contributed by atoms with Crippen LogP contribution in [-0.4, -0.2) is 33.7 Å². The van der Waals surface area contributed by atoms with Crippen molar-refractivity contribution in [3.8, 4) is 0 Å². The molecule has 1 fully saturated rings. The number of H-pyrrole nitrogens is 1. The third-order valence-electron chi connectivity index (χ3n) is 4.81. The number of carbonyl (C=O) groups excluding carboxylic acids is 1. The van der Waals surface area contributed by atoms with E-state index in [1.54, 1.807) is 0 Å². The quantitative estimate of drug-likeness (QED) is 0.900. The molecule has 2 aromatic rings. The number of likely N-dealkylation sites (tertiary alicyclic amines) is 1. The van der Waals surface area contributed by atoms with Crippen molar-refractivity contribution >= 4 is 5.91 Å². The number of nitrogens with zero attached hydrogens (tertiary/aromatic N) is 2. The number of benzene rings is 1. The Bertz CT molecular complexity index is 608. The summed E-state index contributed by atoms with van der Waals surface area (Å²) in [6, 6.07) is 9.83. The van der Waals surface area contributed by atoms with Crippen LogP contribution in [0.4, 0.5) is 0 Å². The van der Waals surface area contributed by atoms with Gasteiger partial charge in [-0.25, -0.2) is 0 Å². The zero-order chi connectivity index (χ0) is 16.2. The maximum Gasteiger partial charge on any atom is 0.251 e. The minimum Gasteiger partial charge on any atom is -0.341 e. The van der Waals surface area contributed by atoms with E-state index in [0.717, 1.165) is 50.3 Å². The molecular formula is C19H27N3O. The minimum absolute atomic E-state index is 0.211. The number of hydrogen-bond donors (Lipinski definition) is 1. The molecule has 23 heavy (non-hydrogen) atoms. The Morgan fingerprint density at radius 3 is 2.52 bits per heavy atom. The first kappa shape index (κ1) is 15.9. The lowest BCUT2D eigenvalue weighted by atomic mass is 9.97. The number of nitrogens with one attached hydrogen (secondary N) is 1. The summed E-state index contributed by atoms with van der Waals surface area (Å²) in [5, 5.41) is 3.36. The van der Waals surface area contributed by atoms with Gasteiger partial charge in [-0.2, -0.15) is 0 Å². The summed E-state index contributed by atoms with van der Waals surface area (Å²) in [5.74, 6) is 0.940. The summed E-state index contributed by atoms with van der Waals surface area (Å²) in [6.07, 6.45) is 6.45. The van der Waals surface area contributed by atoms with Gasteiger partial charge in [0.1, 0.15) is 0 Å². The van der Waals surface area contributed by atoms with E-state index >= 15 is 0 Å². The largest absolute Gasteiger partial charge is 0.341 e. The fourth-order valence-electron chi connectivity index (χ4n) is 3.32. The number of aryl methyl sites for hydroxylation is 1. The molecule has 0 spiro atoms. The molecule has 2 heterocycles. The second-order valence-electron chi connectivity index (χ2n) is 6.74. The van der Waals surface area contributed by atoms with Gasteiger partial charge in [-0.05, 0) is 30.7 Å². The van der Waals surface area contributed by atoms with Crippen LogP contribution < -0.4 is 0 Å². The van der Waals surface area contributed by atoms with E-state index in [1.165, 1.54) is 5.69 Å². The standard InChI is InChI=1S/C19H27N3O/c1-3-7-17-14-22(20-17)18(16-8-5-4-6-9-16)19(23)21-12-10-15(2)11-13-21/h4-6,8-9,14-15,18,20H,3,7,10-13H2,1-2H3. The number of amides is 1. The van der Waals surface area contributed by atoms with Crippen molar-refractivity contribution in [2.45, 2.75) is 45.6 Å². The maximum atomic E-state index is 13.1. The molecule has 4 heteroatoms. The lowest BCUT2D eigenvalue weighted by Gasteiger charge is -2.34. The van der Waals surface area contributed by atoms with Crippen LogP contribution in [0.5, 0.6) is 0 Å². The number of aromatic nitrogens is 2. The second kappa shape index (κ2) is 7.07. The van der Waals surface area contributed by atoms with Crippen LogP contribution in [0, 0.1) is 5.92 Å². The van der Waals surface area contributed by atoms with Crippen molar-refractivity contribution in [2.75, 3.05) is 13.1 Å². The highest BCUT2D eigenvalue weighted by Crippen LogP contribution is 2.25. The van der Waals surface area contributed by atoms with Gasteiger partial charge in [0.15, 0.2) is 6.04 Å². The van der Waals surface area contributed by atoms with E-state index in [1.807, 2.05) is 39.9 Å².